The summed E-state index contributed by atoms with van der Waals surface area (Å²) < 4.78 is 10.9. The van der Waals surface area contributed by atoms with Gasteiger partial charge in [0.15, 0.2) is 0 Å². The number of benzene rings is 3. The summed E-state index contributed by atoms with van der Waals surface area (Å²) in [6, 6.07) is 26.4. The number of alkyl carbamates (subject to hydrolysis) is 1. The molecule has 6 heteroatoms. The van der Waals surface area contributed by atoms with Crippen LogP contribution < -0.4 is 5.32 Å². The summed E-state index contributed by atoms with van der Waals surface area (Å²) in [5.74, 6) is 6.99. The number of rotatable bonds is 3. The molecule has 0 aliphatic carbocycles. The zero-order valence-electron chi connectivity index (χ0n) is 16.4. The van der Waals surface area contributed by atoms with E-state index in [4.69, 9.17) is 9.26 Å². The molecule has 0 radical (unpaired) electrons. The molecule has 3 aromatic carbocycles. The van der Waals surface area contributed by atoms with Gasteiger partial charge in [0.2, 0.25) is 11.9 Å². The van der Waals surface area contributed by atoms with Gasteiger partial charge in [0.25, 0.3) is 5.89 Å². The molecule has 1 aromatic heterocycles. The monoisotopic (exact) mass is 407 g/mol. The van der Waals surface area contributed by atoms with Crippen molar-refractivity contribution in [2.75, 3.05) is 0 Å². The van der Waals surface area contributed by atoms with Crippen LogP contribution in [-0.2, 0) is 4.74 Å². The quantitative estimate of drug-likeness (QED) is 0.500. The number of ether oxygens (including phenoxy) is 1. The predicted octanol–water partition coefficient (Wildman–Crippen LogP) is 4.66. The highest BCUT2D eigenvalue weighted by atomic mass is 16.6. The van der Waals surface area contributed by atoms with Gasteiger partial charge in [-0.15, -0.1) is 0 Å². The maximum atomic E-state index is 12.0. The second kappa shape index (κ2) is 8.17. The van der Waals surface area contributed by atoms with E-state index in [-0.39, 0.29) is 5.89 Å². The molecule has 1 saturated heterocycles. The molecule has 4 aromatic rings. The Bertz CT molecular complexity index is 1270. The third-order valence-corrected chi connectivity index (χ3v) is 4.90. The summed E-state index contributed by atoms with van der Waals surface area (Å²) in [6.45, 7) is 0. The first kappa shape index (κ1) is 18.6. The van der Waals surface area contributed by atoms with Crippen LogP contribution in [0.4, 0.5) is 4.79 Å². The number of aromatic nitrogens is 2. The van der Waals surface area contributed by atoms with E-state index in [0.717, 1.165) is 22.3 Å². The first-order valence-electron chi connectivity index (χ1n) is 9.79. The van der Waals surface area contributed by atoms with Crippen LogP contribution in [0, 0.1) is 11.8 Å². The van der Waals surface area contributed by atoms with E-state index in [1.807, 2.05) is 84.9 Å². The van der Waals surface area contributed by atoms with Gasteiger partial charge in [-0.25, -0.2) is 4.79 Å². The molecular formula is C25H17N3O3. The predicted molar refractivity (Wildman–Crippen MR) is 114 cm³/mol. The zero-order chi connectivity index (χ0) is 21.0. The molecule has 0 saturated carbocycles. The number of amides is 1. The van der Waals surface area contributed by atoms with Crippen molar-refractivity contribution in [2.24, 2.45) is 0 Å². The number of hydrogen-bond acceptors (Lipinski definition) is 5. The summed E-state index contributed by atoms with van der Waals surface area (Å²) in [7, 11) is 0. The first-order chi connectivity index (χ1) is 15.3. The van der Waals surface area contributed by atoms with Crippen LogP contribution in [0.1, 0.15) is 34.7 Å². The Morgan fingerprint density at radius 3 is 2.35 bits per heavy atom. The lowest BCUT2D eigenvalue weighted by Crippen LogP contribution is -2.19. The summed E-state index contributed by atoms with van der Waals surface area (Å²) in [5.41, 5.74) is 3.43. The van der Waals surface area contributed by atoms with Crippen LogP contribution in [0.25, 0.3) is 11.4 Å². The normalized spacial score (nSPS) is 17.4. The van der Waals surface area contributed by atoms with Crippen LogP contribution in [-0.4, -0.2) is 16.2 Å². The number of cyclic esters (lactones) is 1. The van der Waals surface area contributed by atoms with Gasteiger partial charge in [-0.1, -0.05) is 77.7 Å². The lowest BCUT2D eigenvalue weighted by atomic mass is 10.00. The fraction of sp³-hybridized carbons (Fsp3) is 0.0800. The van der Waals surface area contributed by atoms with Crippen molar-refractivity contribution in [1.82, 2.24) is 15.5 Å². The summed E-state index contributed by atoms with van der Waals surface area (Å²) in [6.07, 6.45) is -1.26. The lowest BCUT2D eigenvalue weighted by molar-refractivity contribution is 0.108. The van der Waals surface area contributed by atoms with E-state index in [1.165, 1.54) is 0 Å². The minimum Gasteiger partial charge on any atom is -0.433 e. The molecule has 31 heavy (non-hydrogen) atoms. The van der Waals surface area contributed by atoms with Crippen LogP contribution in [0.3, 0.4) is 0 Å². The maximum Gasteiger partial charge on any atom is 0.408 e. The molecule has 0 bridgehead atoms. The van der Waals surface area contributed by atoms with Crippen molar-refractivity contribution >= 4 is 6.09 Å². The Labute approximate surface area is 178 Å². The summed E-state index contributed by atoms with van der Waals surface area (Å²) >= 11 is 0. The van der Waals surface area contributed by atoms with E-state index in [2.05, 4.69) is 27.3 Å². The molecule has 0 spiro atoms. The molecule has 1 aliphatic rings. The Balaban J connectivity index is 1.43. The largest absolute Gasteiger partial charge is 0.433 e. The Hall–Kier alpha value is -4.37. The van der Waals surface area contributed by atoms with Crippen LogP contribution in [0.5, 0.6) is 0 Å². The van der Waals surface area contributed by atoms with Gasteiger partial charge >= 0.3 is 6.09 Å². The highest BCUT2D eigenvalue weighted by Gasteiger charge is 2.40. The van der Waals surface area contributed by atoms with Crippen molar-refractivity contribution in [3.05, 3.63) is 108 Å². The van der Waals surface area contributed by atoms with Crippen molar-refractivity contribution in [1.29, 1.82) is 0 Å². The Kier molecular flexibility index (Phi) is 4.91. The van der Waals surface area contributed by atoms with Gasteiger partial charge < -0.3 is 14.6 Å². The van der Waals surface area contributed by atoms with E-state index in [1.54, 1.807) is 0 Å². The average Bonchev–Trinajstić information content (AvgIpc) is 3.46. The molecule has 2 unspecified atom stereocenters. The molecule has 1 aliphatic heterocycles. The fourth-order valence-electron chi connectivity index (χ4n) is 3.40. The van der Waals surface area contributed by atoms with E-state index >= 15 is 0 Å². The van der Waals surface area contributed by atoms with Gasteiger partial charge in [-0.2, -0.15) is 4.98 Å². The second-order valence-corrected chi connectivity index (χ2v) is 7.01. The standard InChI is InChI=1S/C25H17N3O3/c29-25-26-21(20-13-7-10-18(16-20)15-14-17-8-3-1-4-9-17)22(30-25)24-27-23(28-31-24)19-11-5-2-6-12-19/h1-13,16,21-22H,(H,26,29). The van der Waals surface area contributed by atoms with E-state index in [9.17, 15) is 4.79 Å². The molecule has 2 atom stereocenters. The molecule has 2 heterocycles. The van der Waals surface area contributed by atoms with E-state index in [0.29, 0.717) is 5.82 Å². The number of nitrogens with one attached hydrogen (secondary N) is 1. The van der Waals surface area contributed by atoms with E-state index < -0.39 is 18.2 Å². The highest BCUT2D eigenvalue weighted by molar-refractivity contribution is 5.71. The van der Waals surface area contributed by atoms with Crippen molar-refractivity contribution in [3.63, 3.8) is 0 Å². The van der Waals surface area contributed by atoms with Gasteiger partial charge in [-0.05, 0) is 29.8 Å². The molecular weight excluding hydrogens is 390 g/mol. The smallest absolute Gasteiger partial charge is 0.408 e. The number of nitrogens with zero attached hydrogens (tertiary/aromatic N) is 2. The molecule has 5 rings (SSSR count). The lowest BCUT2D eigenvalue weighted by Gasteiger charge is -2.14. The molecule has 6 nitrogen and oxygen atoms in total. The summed E-state index contributed by atoms with van der Waals surface area (Å²) in [5, 5.41) is 6.87. The minimum atomic E-state index is -0.727. The first-order valence-corrected chi connectivity index (χ1v) is 9.79. The minimum absolute atomic E-state index is 0.239. The molecule has 1 amide bonds. The fourth-order valence-corrected chi connectivity index (χ4v) is 3.40. The van der Waals surface area contributed by atoms with Crippen LogP contribution in [0.2, 0.25) is 0 Å². The number of carbonyl (C=O) groups excluding carboxylic acids is 1. The average molecular weight is 407 g/mol. The van der Waals surface area contributed by atoms with Crippen LogP contribution in [0.15, 0.2) is 89.5 Å². The zero-order valence-corrected chi connectivity index (χ0v) is 16.4. The third kappa shape index (κ3) is 4.02. The van der Waals surface area contributed by atoms with Crippen molar-refractivity contribution < 1.29 is 14.1 Å². The summed E-state index contributed by atoms with van der Waals surface area (Å²) in [4.78, 5) is 16.5. The highest BCUT2D eigenvalue weighted by Crippen LogP contribution is 2.36. The maximum absolute atomic E-state index is 12.0. The Morgan fingerprint density at radius 2 is 1.55 bits per heavy atom. The van der Waals surface area contributed by atoms with Gasteiger partial charge in [-0.3, -0.25) is 0 Å². The van der Waals surface area contributed by atoms with Gasteiger partial charge in [0.05, 0.1) is 0 Å². The van der Waals surface area contributed by atoms with Gasteiger partial charge in [0.1, 0.15) is 6.04 Å². The molecule has 1 N–H and O–H groups in total. The third-order valence-electron chi connectivity index (χ3n) is 4.90. The number of hydrogen-bond donors (Lipinski definition) is 1. The Morgan fingerprint density at radius 1 is 0.839 bits per heavy atom. The van der Waals surface area contributed by atoms with Crippen molar-refractivity contribution in [3.8, 4) is 23.2 Å². The second-order valence-electron chi connectivity index (χ2n) is 7.01. The molecule has 1 fully saturated rings. The molecule has 150 valence electrons. The SMILES string of the molecule is O=C1NC(c2cccc(C#Cc3ccccc3)c2)C(c2nc(-c3ccccc3)no2)O1. The number of carbonyl (C=O) groups is 1. The van der Waals surface area contributed by atoms with Crippen molar-refractivity contribution in [2.45, 2.75) is 12.1 Å². The van der Waals surface area contributed by atoms with Gasteiger partial charge in [0, 0.05) is 16.7 Å². The van der Waals surface area contributed by atoms with Crippen LogP contribution >= 0.6 is 0 Å². The topological polar surface area (TPSA) is 77.3 Å².